The molecule has 0 amide bonds. The fourth-order valence-corrected chi connectivity index (χ4v) is 4.24. The van der Waals surface area contributed by atoms with Crippen LogP contribution in [0.2, 0.25) is 0 Å². The Balaban J connectivity index is 2.24. The number of sulfonamides is 1. The van der Waals surface area contributed by atoms with Gasteiger partial charge in [-0.1, -0.05) is 36.8 Å². The lowest BCUT2D eigenvalue weighted by Crippen LogP contribution is -2.12. The Labute approximate surface area is 121 Å². The largest absolute Gasteiger partial charge is 0.315 e. The lowest BCUT2D eigenvalue weighted by Gasteiger charge is -2.07. The van der Waals surface area contributed by atoms with Crippen molar-refractivity contribution in [1.29, 1.82) is 0 Å². The fourth-order valence-electron chi connectivity index (χ4n) is 1.88. The molecule has 7 heteroatoms. The third-order valence-corrected chi connectivity index (χ3v) is 5.76. The molecular formula is C13H16N2O3S2. The number of anilines is 1. The van der Waals surface area contributed by atoms with Crippen molar-refractivity contribution >= 4 is 27.0 Å². The number of aryl methyl sites for hydroxylation is 2. The lowest BCUT2D eigenvalue weighted by molar-refractivity contribution is 0.602. The zero-order chi connectivity index (χ0) is 14.8. The van der Waals surface area contributed by atoms with Crippen molar-refractivity contribution < 1.29 is 8.42 Å². The molecule has 2 rings (SSSR count). The molecule has 0 atom stereocenters. The predicted octanol–water partition coefficient (Wildman–Crippen LogP) is 2.50. The van der Waals surface area contributed by atoms with Crippen molar-refractivity contribution in [3.63, 3.8) is 0 Å². The van der Waals surface area contributed by atoms with Gasteiger partial charge < -0.3 is 4.98 Å². The number of nitrogens with one attached hydrogen (secondary N) is 2. The minimum absolute atomic E-state index is 0.0279. The Morgan fingerprint density at radius 2 is 1.90 bits per heavy atom. The number of benzene rings is 1. The van der Waals surface area contributed by atoms with Crippen LogP contribution in [0.4, 0.5) is 5.69 Å². The summed E-state index contributed by atoms with van der Waals surface area (Å²) in [5.41, 5.74) is 2.01. The number of rotatable bonds is 5. The Morgan fingerprint density at radius 3 is 2.40 bits per heavy atom. The van der Waals surface area contributed by atoms with Crippen molar-refractivity contribution in [2.24, 2.45) is 0 Å². The zero-order valence-electron chi connectivity index (χ0n) is 11.3. The molecule has 108 valence electrons. The molecule has 5 nitrogen and oxygen atoms in total. The Kier molecular flexibility index (Phi) is 4.29. The summed E-state index contributed by atoms with van der Waals surface area (Å²) in [6.45, 7) is 3.66. The zero-order valence-corrected chi connectivity index (χ0v) is 12.9. The van der Waals surface area contributed by atoms with Crippen molar-refractivity contribution in [3.05, 3.63) is 45.2 Å². The van der Waals surface area contributed by atoms with Crippen LogP contribution in [-0.4, -0.2) is 13.4 Å². The van der Waals surface area contributed by atoms with Crippen LogP contribution in [0.25, 0.3) is 0 Å². The molecule has 0 saturated carbocycles. The van der Waals surface area contributed by atoms with Crippen LogP contribution >= 0.6 is 11.3 Å². The van der Waals surface area contributed by atoms with Gasteiger partial charge in [-0.15, -0.1) is 0 Å². The number of H-pyrrole nitrogens is 1. The minimum atomic E-state index is -3.71. The van der Waals surface area contributed by atoms with Gasteiger partial charge in [0.05, 0.1) is 0 Å². The first-order chi connectivity index (χ1) is 9.42. The van der Waals surface area contributed by atoms with Gasteiger partial charge in [0, 0.05) is 11.4 Å². The minimum Gasteiger partial charge on any atom is -0.315 e. The van der Waals surface area contributed by atoms with Crippen molar-refractivity contribution in [1.82, 2.24) is 4.98 Å². The van der Waals surface area contributed by atoms with Gasteiger partial charge in [0.25, 0.3) is 10.0 Å². The second-order valence-electron chi connectivity index (χ2n) is 4.48. The quantitative estimate of drug-likeness (QED) is 0.890. The van der Waals surface area contributed by atoms with Gasteiger partial charge in [0.1, 0.15) is 0 Å². The molecule has 1 heterocycles. The maximum atomic E-state index is 12.2. The van der Waals surface area contributed by atoms with Crippen molar-refractivity contribution in [2.45, 2.75) is 30.9 Å². The highest BCUT2D eigenvalue weighted by Gasteiger charge is 2.20. The maximum Gasteiger partial charge on any atom is 0.306 e. The molecule has 0 fully saturated rings. The maximum absolute atomic E-state index is 12.2. The molecule has 0 aliphatic heterocycles. The average Bonchev–Trinajstić information content (AvgIpc) is 2.72. The van der Waals surface area contributed by atoms with E-state index in [0.717, 1.165) is 18.4 Å². The second-order valence-corrected chi connectivity index (χ2v) is 7.34. The summed E-state index contributed by atoms with van der Waals surface area (Å²) in [6, 6.07) is 7.25. The van der Waals surface area contributed by atoms with Gasteiger partial charge in [-0.2, -0.15) is 0 Å². The first-order valence-corrected chi connectivity index (χ1v) is 8.54. The summed E-state index contributed by atoms with van der Waals surface area (Å²) in [7, 11) is -3.71. The highest BCUT2D eigenvalue weighted by Crippen LogP contribution is 2.20. The third kappa shape index (κ3) is 3.29. The normalized spacial score (nSPS) is 11.5. The summed E-state index contributed by atoms with van der Waals surface area (Å²) in [5, 5.41) is 0. The third-order valence-electron chi connectivity index (χ3n) is 2.77. The molecule has 0 spiro atoms. The first kappa shape index (κ1) is 14.8. The number of hydrogen-bond donors (Lipinski definition) is 2. The predicted molar refractivity (Wildman–Crippen MR) is 80.9 cm³/mol. The van der Waals surface area contributed by atoms with E-state index in [1.54, 1.807) is 19.1 Å². The molecule has 2 aromatic rings. The summed E-state index contributed by atoms with van der Waals surface area (Å²) in [6.07, 6.45) is 2.01. The number of thiazole rings is 1. The Morgan fingerprint density at radius 1 is 1.25 bits per heavy atom. The first-order valence-electron chi connectivity index (χ1n) is 6.24. The van der Waals surface area contributed by atoms with Gasteiger partial charge in [-0.3, -0.25) is 9.52 Å². The molecule has 0 aliphatic rings. The summed E-state index contributed by atoms with van der Waals surface area (Å²) >= 11 is 0.690. The molecular weight excluding hydrogens is 296 g/mol. The molecule has 0 aliphatic carbocycles. The van der Waals surface area contributed by atoms with Crippen LogP contribution in [0.15, 0.2) is 33.3 Å². The molecule has 20 heavy (non-hydrogen) atoms. The highest BCUT2D eigenvalue weighted by atomic mass is 32.2. The molecule has 0 bridgehead atoms. The number of aromatic amines is 1. The standard InChI is InChI=1S/C13H16N2O3S2/c1-3-4-10-5-7-11(8-6-10)15-20(17,18)12-9(2)14-13(16)19-12/h5-8,15H,3-4H2,1-2H3,(H,14,16). The van der Waals surface area contributed by atoms with Crippen molar-refractivity contribution in [3.8, 4) is 0 Å². The van der Waals surface area contributed by atoms with E-state index in [4.69, 9.17) is 0 Å². The Bertz CT molecular complexity index is 743. The molecule has 2 N–H and O–H groups in total. The van der Waals surface area contributed by atoms with Crippen LogP contribution in [0.1, 0.15) is 24.6 Å². The van der Waals surface area contributed by atoms with E-state index in [1.165, 1.54) is 0 Å². The molecule has 1 aromatic carbocycles. The van der Waals surface area contributed by atoms with Crippen LogP contribution in [-0.2, 0) is 16.4 Å². The van der Waals surface area contributed by atoms with Gasteiger partial charge in [0.2, 0.25) is 0 Å². The number of aromatic nitrogens is 1. The molecule has 0 unspecified atom stereocenters. The van der Waals surface area contributed by atoms with E-state index in [2.05, 4.69) is 16.6 Å². The van der Waals surface area contributed by atoms with E-state index in [9.17, 15) is 13.2 Å². The van der Waals surface area contributed by atoms with Crippen LogP contribution in [0.5, 0.6) is 0 Å². The molecule has 1 aromatic heterocycles. The second kappa shape index (κ2) is 5.80. The van der Waals surface area contributed by atoms with Gasteiger partial charge >= 0.3 is 4.87 Å². The van der Waals surface area contributed by atoms with E-state index >= 15 is 0 Å². The molecule has 0 radical (unpaired) electrons. The smallest absolute Gasteiger partial charge is 0.306 e. The average molecular weight is 312 g/mol. The number of hydrogen-bond acceptors (Lipinski definition) is 4. The van der Waals surface area contributed by atoms with Crippen LogP contribution < -0.4 is 9.60 Å². The SMILES string of the molecule is CCCc1ccc(NS(=O)(=O)c2sc(=O)[nH]c2C)cc1. The van der Waals surface area contributed by atoms with E-state index in [0.29, 0.717) is 22.7 Å². The van der Waals surface area contributed by atoms with Crippen molar-refractivity contribution in [2.75, 3.05) is 4.72 Å². The summed E-state index contributed by atoms with van der Waals surface area (Å²) in [4.78, 5) is 13.3. The van der Waals surface area contributed by atoms with Gasteiger partial charge in [-0.05, 0) is 31.0 Å². The topological polar surface area (TPSA) is 79.0 Å². The van der Waals surface area contributed by atoms with Gasteiger partial charge in [0.15, 0.2) is 4.21 Å². The summed E-state index contributed by atoms with van der Waals surface area (Å²) < 4.78 is 26.9. The lowest BCUT2D eigenvalue weighted by atomic mass is 10.1. The van der Waals surface area contributed by atoms with E-state index in [-0.39, 0.29) is 9.08 Å². The van der Waals surface area contributed by atoms with E-state index in [1.807, 2.05) is 12.1 Å². The Hall–Kier alpha value is -1.60. The molecule has 0 saturated heterocycles. The van der Waals surface area contributed by atoms with Crippen LogP contribution in [0, 0.1) is 6.92 Å². The summed E-state index contributed by atoms with van der Waals surface area (Å²) in [5.74, 6) is 0. The van der Waals surface area contributed by atoms with Gasteiger partial charge in [-0.25, -0.2) is 8.42 Å². The fraction of sp³-hybridized carbons (Fsp3) is 0.308. The monoisotopic (exact) mass is 312 g/mol. The van der Waals surface area contributed by atoms with Crippen LogP contribution in [0.3, 0.4) is 0 Å². The highest BCUT2D eigenvalue weighted by molar-refractivity contribution is 7.94. The van der Waals surface area contributed by atoms with E-state index < -0.39 is 10.0 Å².